The zero-order valence-corrected chi connectivity index (χ0v) is 12.7. The Hall–Kier alpha value is -1.49. The number of hydrogen-bond acceptors (Lipinski definition) is 3. The summed E-state index contributed by atoms with van der Waals surface area (Å²) in [5.41, 5.74) is 0.820. The Kier molecular flexibility index (Phi) is 7.15. The zero-order chi connectivity index (χ0) is 15.0. The van der Waals surface area contributed by atoms with Gasteiger partial charge in [0.2, 0.25) is 5.91 Å². The molecular formula is C15H21NO3S. The molecule has 5 heteroatoms. The van der Waals surface area contributed by atoms with Gasteiger partial charge >= 0.3 is 5.97 Å². The van der Waals surface area contributed by atoms with E-state index in [1.54, 1.807) is 18.7 Å². The summed E-state index contributed by atoms with van der Waals surface area (Å²) in [4.78, 5) is 23.1. The third-order valence-electron chi connectivity index (χ3n) is 3.12. The Bertz CT molecular complexity index is 436. The van der Waals surface area contributed by atoms with Gasteiger partial charge in [0, 0.05) is 6.42 Å². The summed E-state index contributed by atoms with van der Waals surface area (Å²) in [7, 11) is 0. The summed E-state index contributed by atoms with van der Waals surface area (Å²) in [5.74, 6) is -0.746. The number of nitrogens with one attached hydrogen (secondary N) is 1. The van der Waals surface area contributed by atoms with Crippen LogP contribution in [-0.2, 0) is 9.59 Å². The standard InChI is InChI=1S/C15H21NO3S/c1-11(15(18)19)14(12-7-4-3-5-8-12)16-13(17)9-6-10-20-2/h3-5,7-8,11,14H,6,9-10H2,1-2H3,(H,16,17)(H,18,19). The van der Waals surface area contributed by atoms with Crippen molar-refractivity contribution in [3.8, 4) is 0 Å². The van der Waals surface area contributed by atoms with Crippen LogP contribution in [0.25, 0.3) is 0 Å². The largest absolute Gasteiger partial charge is 0.481 e. The summed E-state index contributed by atoms with van der Waals surface area (Å²) < 4.78 is 0. The molecule has 110 valence electrons. The lowest BCUT2D eigenvalue weighted by Gasteiger charge is -2.23. The van der Waals surface area contributed by atoms with E-state index in [1.807, 2.05) is 36.6 Å². The van der Waals surface area contributed by atoms with Crippen molar-refractivity contribution in [1.82, 2.24) is 5.32 Å². The van der Waals surface area contributed by atoms with Crippen LogP contribution in [0.15, 0.2) is 30.3 Å². The van der Waals surface area contributed by atoms with Gasteiger partial charge in [0.25, 0.3) is 0 Å². The van der Waals surface area contributed by atoms with E-state index >= 15 is 0 Å². The number of carbonyl (C=O) groups excluding carboxylic acids is 1. The van der Waals surface area contributed by atoms with Crippen LogP contribution in [0.2, 0.25) is 0 Å². The first-order valence-corrected chi connectivity index (χ1v) is 8.01. The fourth-order valence-corrected chi connectivity index (χ4v) is 2.36. The second-order valence-corrected chi connectivity index (χ2v) is 5.66. The van der Waals surface area contributed by atoms with Crippen LogP contribution in [-0.4, -0.2) is 29.0 Å². The van der Waals surface area contributed by atoms with Gasteiger partial charge in [-0.25, -0.2) is 0 Å². The number of aliphatic carboxylic acids is 1. The minimum atomic E-state index is -0.914. The predicted octanol–water partition coefficient (Wildman–Crippen LogP) is 2.71. The smallest absolute Gasteiger partial charge is 0.308 e. The fraction of sp³-hybridized carbons (Fsp3) is 0.467. The SMILES string of the molecule is CSCCCC(=O)NC(c1ccccc1)C(C)C(=O)O. The summed E-state index contributed by atoms with van der Waals surface area (Å²) >= 11 is 1.70. The van der Waals surface area contributed by atoms with Crippen LogP contribution in [0.4, 0.5) is 0 Å². The Balaban J connectivity index is 2.74. The summed E-state index contributed by atoms with van der Waals surface area (Å²) in [6, 6.07) is 8.74. The maximum Gasteiger partial charge on any atom is 0.308 e. The van der Waals surface area contributed by atoms with Gasteiger partial charge in [0.1, 0.15) is 0 Å². The van der Waals surface area contributed by atoms with Gasteiger partial charge in [0.15, 0.2) is 0 Å². The third-order valence-corrected chi connectivity index (χ3v) is 3.81. The van der Waals surface area contributed by atoms with Crippen molar-refractivity contribution in [3.63, 3.8) is 0 Å². The number of amides is 1. The third kappa shape index (κ3) is 5.25. The Labute approximate surface area is 124 Å². The molecule has 0 bridgehead atoms. The average molecular weight is 295 g/mol. The molecule has 1 aromatic carbocycles. The van der Waals surface area contributed by atoms with E-state index in [-0.39, 0.29) is 5.91 Å². The molecule has 2 N–H and O–H groups in total. The van der Waals surface area contributed by atoms with Crippen molar-refractivity contribution < 1.29 is 14.7 Å². The Morgan fingerprint density at radius 3 is 2.50 bits per heavy atom. The molecule has 1 amide bonds. The van der Waals surface area contributed by atoms with Crippen molar-refractivity contribution in [2.45, 2.75) is 25.8 Å². The molecule has 0 aliphatic rings. The maximum atomic E-state index is 11.9. The second-order valence-electron chi connectivity index (χ2n) is 4.68. The first-order chi connectivity index (χ1) is 9.56. The van der Waals surface area contributed by atoms with E-state index < -0.39 is 17.9 Å². The molecule has 2 unspecified atom stereocenters. The molecule has 20 heavy (non-hydrogen) atoms. The molecule has 0 aromatic heterocycles. The van der Waals surface area contributed by atoms with E-state index in [0.717, 1.165) is 17.7 Å². The molecule has 1 rings (SSSR count). The van der Waals surface area contributed by atoms with E-state index in [1.165, 1.54) is 0 Å². The van der Waals surface area contributed by atoms with Crippen molar-refractivity contribution >= 4 is 23.6 Å². The van der Waals surface area contributed by atoms with E-state index in [2.05, 4.69) is 5.32 Å². The summed E-state index contributed by atoms with van der Waals surface area (Å²) in [6.07, 6.45) is 3.23. The van der Waals surface area contributed by atoms with Crippen LogP contribution in [0.1, 0.15) is 31.4 Å². The highest BCUT2D eigenvalue weighted by molar-refractivity contribution is 7.98. The monoisotopic (exact) mass is 295 g/mol. The normalized spacial score (nSPS) is 13.5. The molecule has 0 fully saturated rings. The van der Waals surface area contributed by atoms with Crippen molar-refractivity contribution in [2.24, 2.45) is 5.92 Å². The van der Waals surface area contributed by atoms with Gasteiger partial charge in [-0.2, -0.15) is 11.8 Å². The summed E-state index contributed by atoms with van der Waals surface area (Å²) in [5, 5.41) is 12.0. The minimum Gasteiger partial charge on any atom is -0.481 e. The zero-order valence-electron chi connectivity index (χ0n) is 11.8. The first kappa shape index (κ1) is 16.6. The van der Waals surface area contributed by atoms with Crippen LogP contribution in [0, 0.1) is 5.92 Å². The lowest BCUT2D eigenvalue weighted by Crippen LogP contribution is -2.35. The van der Waals surface area contributed by atoms with Gasteiger partial charge in [-0.15, -0.1) is 0 Å². The number of rotatable bonds is 8. The molecule has 0 heterocycles. The highest BCUT2D eigenvalue weighted by Crippen LogP contribution is 2.22. The number of carboxylic acids is 1. The predicted molar refractivity (Wildman–Crippen MR) is 81.7 cm³/mol. The van der Waals surface area contributed by atoms with Crippen LogP contribution in [0.3, 0.4) is 0 Å². The molecule has 0 spiro atoms. The van der Waals surface area contributed by atoms with Gasteiger partial charge in [-0.05, 0) is 30.9 Å². The van der Waals surface area contributed by atoms with Gasteiger partial charge in [-0.3, -0.25) is 9.59 Å². The molecule has 0 aliphatic carbocycles. The molecule has 1 aromatic rings. The number of hydrogen-bond donors (Lipinski definition) is 2. The molecule has 0 saturated carbocycles. The quantitative estimate of drug-likeness (QED) is 0.724. The molecule has 0 radical (unpaired) electrons. The average Bonchev–Trinajstić information content (AvgIpc) is 2.45. The topological polar surface area (TPSA) is 66.4 Å². The lowest BCUT2D eigenvalue weighted by atomic mass is 9.94. The summed E-state index contributed by atoms with van der Waals surface area (Å²) in [6.45, 7) is 1.61. The molecular weight excluding hydrogens is 274 g/mol. The number of benzene rings is 1. The Morgan fingerprint density at radius 2 is 1.95 bits per heavy atom. The molecule has 2 atom stereocenters. The minimum absolute atomic E-state index is 0.0963. The fourth-order valence-electron chi connectivity index (χ4n) is 1.92. The van der Waals surface area contributed by atoms with Crippen molar-refractivity contribution in [1.29, 1.82) is 0 Å². The van der Waals surface area contributed by atoms with E-state index in [4.69, 9.17) is 0 Å². The van der Waals surface area contributed by atoms with Gasteiger partial charge < -0.3 is 10.4 Å². The van der Waals surface area contributed by atoms with Gasteiger partial charge in [0.05, 0.1) is 12.0 Å². The van der Waals surface area contributed by atoms with Crippen molar-refractivity contribution in [3.05, 3.63) is 35.9 Å². The molecule has 0 aliphatic heterocycles. The maximum absolute atomic E-state index is 11.9. The lowest BCUT2D eigenvalue weighted by molar-refractivity contribution is -0.142. The van der Waals surface area contributed by atoms with E-state index in [9.17, 15) is 14.7 Å². The number of carboxylic acid groups (broad SMARTS) is 1. The number of thioether (sulfide) groups is 1. The van der Waals surface area contributed by atoms with Gasteiger partial charge in [-0.1, -0.05) is 30.3 Å². The molecule has 0 saturated heterocycles. The van der Waals surface area contributed by atoms with Crippen LogP contribution >= 0.6 is 11.8 Å². The second kappa shape index (κ2) is 8.64. The molecule has 4 nitrogen and oxygen atoms in total. The highest BCUT2D eigenvalue weighted by Gasteiger charge is 2.26. The highest BCUT2D eigenvalue weighted by atomic mass is 32.2. The van der Waals surface area contributed by atoms with Crippen molar-refractivity contribution in [2.75, 3.05) is 12.0 Å². The van der Waals surface area contributed by atoms with E-state index in [0.29, 0.717) is 6.42 Å². The Morgan fingerprint density at radius 1 is 1.30 bits per heavy atom. The first-order valence-electron chi connectivity index (χ1n) is 6.62. The number of carbonyl (C=O) groups is 2. The van der Waals surface area contributed by atoms with Crippen LogP contribution in [0.5, 0.6) is 0 Å². The van der Waals surface area contributed by atoms with Crippen LogP contribution < -0.4 is 5.32 Å².